The fourth-order valence-electron chi connectivity index (χ4n) is 1.40. The summed E-state index contributed by atoms with van der Waals surface area (Å²) in [6, 6.07) is 2.07. The number of hydrogen-bond donors (Lipinski definition) is 2. The van der Waals surface area contributed by atoms with E-state index in [2.05, 4.69) is 15.3 Å². The highest BCUT2D eigenvalue weighted by molar-refractivity contribution is 7.99. The topological polar surface area (TPSA) is 58.0 Å². The Morgan fingerprint density at radius 3 is 2.50 bits per heavy atom. The van der Waals surface area contributed by atoms with Gasteiger partial charge in [-0.15, -0.1) is 0 Å². The van der Waals surface area contributed by atoms with Crippen LogP contribution in [0.15, 0.2) is 11.2 Å². The molecule has 16 heavy (non-hydrogen) atoms. The van der Waals surface area contributed by atoms with Crippen molar-refractivity contribution in [2.24, 2.45) is 0 Å². The minimum atomic E-state index is 0.111. The van der Waals surface area contributed by atoms with E-state index in [1.807, 2.05) is 26.8 Å². The first-order valence-corrected chi connectivity index (χ1v) is 6.43. The van der Waals surface area contributed by atoms with Crippen LogP contribution in [0, 0.1) is 13.8 Å². The van der Waals surface area contributed by atoms with Gasteiger partial charge in [-0.25, -0.2) is 9.97 Å². The second kappa shape index (κ2) is 6.83. The van der Waals surface area contributed by atoms with Crippen LogP contribution in [0.2, 0.25) is 0 Å². The predicted molar refractivity (Wildman–Crippen MR) is 66.8 cm³/mol. The van der Waals surface area contributed by atoms with Crippen molar-refractivity contribution in [3.8, 4) is 0 Å². The second-order valence-corrected chi connectivity index (χ2v) is 4.67. The minimum Gasteiger partial charge on any atom is -0.395 e. The molecule has 0 saturated carbocycles. The van der Waals surface area contributed by atoms with Gasteiger partial charge in [-0.1, -0.05) is 18.7 Å². The minimum absolute atomic E-state index is 0.111. The summed E-state index contributed by atoms with van der Waals surface area (Å²) in [5.74, 6) is 0.785. The van der Waals surface area contributed by atoms with E-state index in [9.17, 15) is 0 Å². The number of aliphatic hydroxyl groups excluding tert-OH is 1. The lowest BCUT2D eigenvalue weighted by molar-refractivity contribution is 0.255. The van der Waals surface area contributed by atoms with E-state index in [0.29, 0.717) is 0 Å². The lowest BCUT2D eigenvalue weighted by atomic mass is 10.3. The van der Waals surface area contributed by atoms with Crippen molar-refractivity contribution in [3.63, 3.8) is 0 Å². The van der Waals surface area contributed by atoms with Crippen LogP contribution in [0.3, 0.4) is 0 Å². The summed E-state index contributed by atoms with van der Waals surface area (Å²) < 4.78 is 0. The molecule has 0 bridgehead atoms. The zero-order valence-electron chi connectivity index (χ0n) is 10.0. The molecule has 1 heterocycles. The van der Waals surface area contributed by atoms with Gasteiger partial charge in [0.15, 0.2) is 5.16 Å². The lowest BCUT2D eigenvalue weighted by Gasteiger charge is -2.13. The molecule has 0 amide bonds. The molecular formula is C11H19N3OS. The molecule has 0 aliphatic carbocycles. The molecule has 1 rings (SSSR count). The standard InChI is InChI=1S/C11H19N3OS/c1-4-12-10(6-15)7-16-11-13-8(2)5-9(3)14-11/h5,10,12,15H,4,6-7H2,1-3H3. The fourth-order valence-corrected chi connectivity index (χ4v) is 2.39. The molecule has 0 fully saturated rings. The highest BCUT2D eigenvalue weighted by Gasteiger charge is 2.08. The molecule has 1 aromatic heterocycles. The monoisotopic (exact) mass is 241 g/mol. The first kappa shape index (κ1) is 13.4. The van der Waals surface area contributed by atoms with Gasteiger partial charge in [0.05, 0.1) is 6.61 Å². The van der Waals surface area contributed by atoms with Crippen LogP contribution in [0.5, 0.6) is 0 Å². The van der Waals surface area contributed by atoms with E-state index in [4.69, 9.17) is 5.11 Å². The van der Waals surface area contributed by atoms with E-state index in [-0.39, 0.29) is 12.6 Å². The Balaban J connectivity index is 2.52. The van der Waals surface area contributed by atoms with E-state index < -0.39 is 0 Å². The van der Waals surface area contributed by atoms with Crippen LogP contribution in [-0.4, -0.2) is 40.0 Å². The smallest absolute Gasteiger partial charge is 0.188 e. The van der Waals surface area contributed by atoms with Crippen LogP contribution in [0.4, 0.5) is 0 Å². The summed E-state index contributed by atoms with van der Waals surface area (Å²) in [4.78, 5) is 8.69. The third-order valence-corrected chi connectivity index (χ3v) is 3.10. The first-order chi connectivity index (χ1) is 7.65. The third kappa shape index (κ3) is 4.47. The molecule has 2 N–H and O–H groups in total. The Morgan fingerprint density at radius 2 is 2.00 bits per heavy atom. The predicted octanol–water partition coefficient (Wildman–Crippen LogP) is 1.16. The Bertz CT molecular complexity index is 313. The number of aliphatic hydroxyl groups is 1. The Kier molecular flexibility index (Phi) is 5.73. The van der Waals surface area contributed by atoms with Gasteiger partial charge in [-0.2, -0.15) is 0 Å². The van der Waals surface area contributed by atoms with Gasteiger partial charge in [0.1, 0.15) is 0 Å². The summed E-state index contributed by atoms with van der Waals surface area (Å²) in [7, 11) is 0. The number of hydrogen-bond acceptors (Lipinski definition) is 5. The van der Waals surface area contributed by atoms with Gasteiger partial charge in [0, 0.05) is 23.2 Å². The molecule has 1 aromatic rings. The summed E-state index contributed by atoms with van der Waals surface area (Å²) >= 11 is 1.58. The maximum absolute atomic E-state index is 9.13. The quantitative estimate of drug-likeness (QED) is 0.578. The van der Waals surface area contributed by atoms with E-state index in [1.165, 1.54) is 0 Å². The SMILES string of the molecule is CCNC(CO)CSc1nc(C)cc(C)n1. The lowest BCUT2D eigenvalue weighted by Crippen LogP contribution is -2.34. The maximum Gasteiger partial charge on any atom is 0.188 e. The van der Waals surface area contributed by atoms with Gasteiger partial charge >= 0.3 is 0 Å². The second-order valence-electron chi connectivity index (χ2n) is 3.68. The van der Waals surface area contributed by atoms with Crippen molar-refractivity contribution in [2.45, 2.75) is 32.0 Å². The summed E-state index contributed by atoms with van der Waals surface area (Å²) in [6.07, 6.45) is 0. The van der Waals surface area contributed by atoms with E-state index >= 15 is 0 Å². The van der Waals surface area contributed by atoms with Crippen molar-refractivity contribution in [2.75, 3.05) is 18.9 Å². The number of nitrogens with one attached hydrogen (secondary N) is 1. The molecule has 0 saturated heterocycles. The molecule has 0 aliphatic heterocycles. The molecule has 1 unspecified atom stereocenters. The Hall–Kier alpha value is -0.650. The molecule has 0 aromatic carbocycles. The Labute approximate surface area is 101 Å². The highest BCUT2D eigenvalue weighted by Crippen LogP contribution is 2.14. The molecular weight excluding hydrogens is 222 g/mol. The van der Waals surface area contributed by atoms with Gasteiger partial charge in [-0.05, 0) is 26.5 Å². The van der Waals surface area contributed by atoms with Crippen LogP contribution in [0.1, 0.15) is 18.3 Å². The van der Waals surface area contributed by atoms with Gasteiger partial charge in [0.25, 0.3) is 0 Å². The average Bonchev–Trinajstić information content (AvgIpc) is 2.23. The fraction of sp³-hybridized carbons (Fsp3) is 0.636. The Morgan fingerprint density at radius 1 is 1.38 bits per heavy atom. The molecule has 0 spiro atoms. The number of aryl methyl sites for hydroxylation is 2. The summed E-state index contributed by atoms with van der Waals surface area (Å²) in [6.45, 7) is 6.96. The van der Waals surface area contributed by atoms with E-state index in [1.54, 1.807) is 11.8 Å². The zero-order valence-corrected chi connectivity index (χ0v) is 10.8. The van der Waals surface area contributed by atoms with Crippen LogP contribution < -0.4 is 5.32 Å². The summed E-state index contributed by atoms with van der Waals surface area (Å²) in [5.41, 5.74) is 1.97. The first-order valence-electron chi connectivity index (χ1n) is 5.45. The van der Waals surface area contributed by atoms with Crippen LogP contribution in [0.25, 0.3) is 0 Å². The molecule has 90 valence electrons. The average molecular weight is 241 g/mol. The largest absolute Gasteiger partial charge is 0.395 e. The number of aromatic nitrogens is 2. The molecule has 0 aliphatic rings. The normalized spacial score (nSPS) is 12.8. The number of nitrogens with zero attached hydrogens (tertiary/aromatic N) is 2. The van der Waals surface area contributed by atoms with Crippen molar-refractivity contribution in [3.05, 3.63) is 17.5 Å². The van der Waals surface area contributed by atoms with Crippen LogP contribution >= 0.6 is 11.8 Å². The maximum atomic E-state index is 9.13. The number of rotatable bonds is 6. The van der Waals surface area contributed by atoms with Crippen molar-refractivity contribution in [1.29, 1.82) is 0 Å². The molecule has 4 nitrogen and oxygen atoms in total. The highest BCUT2D eigenvalue weighted by atomic mass is 32.2. The summed E-state index contributed by atoms with van der Waals surface area (Å²) in [5, 5.41) is 13.1. The number of likely N-dealkylation sites (N-methyl/N-ethyl adjacent to an activating group) is 1. The van der Waals surface area contributed by atoms with Crippen molar-refractivity contribution < 1.29 is 5.11 Å². The molecule has 0 radical (unpaired) electrons. The zero-order chi connectivity index (χ0) is 12.0. The molecule has 1 atom stereocenters. The van der Waals surface area contributed by atoms with Crippen LogP contribution in [-0.2, 0) is 0 Å². The third-order valence-electron chi connectivity index (χ3n) is 2.09. The number of thioether (sulfide) groups is 1. The van der Waals surface area contributed by atoms with Crippen molar-refractivity contribution >= 4 is 11.8 Å². The van der Waals surface area contributed by atoms with E-state index in [0.717, 1.165) is 28.8 Å². The van der Waals surface area contributed by atoms with Gasteiger partial charge < -0.3 is 10.4 Å². The van der Waals surface area contributed by atoms with Crippen molar-refractivity contribution in [1.82, 2.24) is 15.3 Å². The van der Waals surface area contributed by atoms with Gasteiger partial charge in [0.2, 0.25) is 0 Å². The molecule has 5 heteroatoms. The van der Waals surface area contributed by atoms with Gasteiger partial charge in [-0.3, -0.25) is 0 Å².